The molecule has 0 atom stereocenters. The zero-order valence-electron chi connectivity index (χ0n) is 12.3. The number of phenols is 1. The summed E-state index contributed by atoms with van der Waals surface area (Å²) in [5, 5.41) is 21.0. The largest absolute Gasteiger partial charge is 0.502 e. The number of anilines is 1. The predicted molar refractivity (Wildman–Crippen MR) is 85.5 cm³/mol. The van der Waals surface area contributed by atoms with Gasteiger partial charge in [-0.2, -0.15) is 0 Å². The molecule has 120 valence electrons. The zero-order chi connectivity index (χ0) is 17.1. The maximum Gasteiger partial charge on any atom is 0.323 e. The lowest BCUT2D eigenvalue weighted by Gasteiger charge is -2.18. The summed E-state index contributed by atoms with van der Waals surface area (Å²) in [5.74, 6) is -0.768. The van der Waals surface area contributed by atoms with Gasteiger partial charge >= 0.3 is 5.69 Å². The Morgan fingerprint density at radius 3 is 2.61 bits per heavy atom. The number of para-hydroxylation sites is 1. The number of carbonyl (C=O) groups excluding carboxylic acids is 1. The lowest BCUT2D eigenvalue weighted by atomic mass is 10.1. The topological polar surface area (TPSA) is 92.9 Å². The van der Waals surface area contributed by atoms with Crippen molar-refractivity contribution in [1.82, 2.24) is 0 Å². The van der Waals surface area contributed by atoms with Gasteiger partial charge < -0.3 is 14.7 Å². The molecule has 0 saturated heterocycles. The molecule has 0 aliphatic rings. The van der Waals surface area contributed by atoms with Crippen molar-refractivity contribution in [2.24, 2.45) is 0 Å². The average Bonchev–Trinajstić information content (AvgIpc) is 2.52. The minimum Gasteiger partial charge on any atom is -0.502 e. The van der Waals surface area contributed by atoms with Crippen LogP contribution in [0.5, 0.6) is 11.5 Å². The molecule has 23 heavy (non-hydrogen) atoms. The van der Waals surface area contributed by atoms with Crippen LogP contribution in [0.2, 0.25) is 5.02 Å². The van der Waals surface area contributed by atoms with Crippen molar-refractivity contribution in [1.29, 1.82) is 0 Å². The molecule has 0 aliphatic heterocycles. The SMILES string of the molecule is COc1ccc(N(C)C(=O)c2cccc(O)c2[N+](=O)[O-])cc1Cl. The van der Waals surface area contributed by atoms with Gasteiger partial charge in [-0.3, -0.25) is 14.9 Å². The Bertz CT molecular complexity index is 778. The minimum absolute atomic E-state index is 0.218. The Morgan fingerprint density at radius 2 is 2.04 bits per heavy atom. The van der Waals surface area contributed by atoms with Crippen LogP contribution in [0.25, 0.3) is 0 Å². The summed E-state index contributed by atoms with van der Waals surface area (Å²) in [4.78, 5) is 24.0. The lowest BCUT2D eigenvalue weighted by Crippen LogP contribution is -2.27. The maximum absolute atomic E-state index is 12.5. The van der Waals surface area contributed by atoms with E-state index >= 15 is 0 Å². The van der Waals surface area contributed by atoms with Crippen LogP contribution in [0.4, 0.5) is 11.4 Å². The Kier molecular flexibility index (Phi) is 4.71. The molecule has 7 nitrogen and oxygen atoms in total. The van der Waals surface area contributed by atoms with E-state index in [2.05, 4.69) is 0 Å². The van der Waals surface area contributed by atoms with E-state index in [-0.39, 0.29) is 5.56 Å². The minimum atomic E-state index is -0.794. The molecule has 8 heteroatoms. The van der Waals surface area contributed by atoms with E-state index in [1.165, 1.54) is 37.3 Å². The molecule has 0 saturated carbocycles. The number of methoxy groups -OCH3 is 1. The van der Waals surface area contributed by atoms with Crippen LogP contribution in [0.1, 0.15) is 10.4 Å². The Labute approximate surface area is 136 Å². The van der Waals surface area contributed by atoms with Gasteiger partial charge in [0.15, 0.2) is 5.75 Å². The number of nitro benzene ring substituents is 1. The summed E-state index contributed by atoms with van der Waals surface area (Å²) in [6.45, 7) is 0. The fraction of sp³-hybridized carbons (Fsp3) is 0.133. The van der Waals surface area contributed by atoms with E-state index in [0.717, 1.165) is 6.07 Å². The van der Waals surface area contributed by atoms with E-state index in [0.29, 0.717) is 16.5 Å². The van der Waals surface area contributed by atoms with Crippen molar-refractivity contribution in [3.05, 3.63) is 57.1 Å². The van der Waals surface area contributed by atoms with Gasteiger partial charge in [0, 0.05) is 12.7 Å². The van der Waals surface area contributed by atoms with Gasteiger partial charge in [0.1, 0.15) is 11.3 Å². The van der Waals surface area contributed by atoms with Gasteiger partial charge in [-0.1, -0.05) is 17.7 Å². The number of rotatable bonds is 4. The number of amides is 1. The molecule has 0 radical (unpaired) electrons. The van der Waals surface area contributed by atoms with E-state index in [1.54, 1.807) is 12.1 Å². The number of aromatic hydroxyl groups is 1. The van der Waals surface area contributed by atoms with Crippen molar-refractivity contribution < 1.29 is 19.6 Å². The number of benzene rings is 2. The van der Waals surface area contributed by atoms with E-state index in [9.17, 15) is 20.0 Å². The van der Waals surface area contributed by atoms with Crippen LogP contribution in [0, 0.1) is 10.1 Å². The zero-order valence-corrected chi connectivity index (χ0v) is 13.1. The lowest BCUT2D eigenvalue weighted by molar-refractivity contribution is -0.386. The molecular formula is C15H13ClN2O5. The second-order valence-corrected chi connectivity index (χ2v) is 5.02. The number of phenolic OH excluding ortho intramolecular Hbond substituents is 1. The maximum atomic E-state index is 12.5. The summed E-state index contributed by atoms with van der Waals surface area (Å²) in [6.07, 6.45) is 0. The summed E-state index contributed by atoms with van der Waals surface area (Å²) in [6, 6.07) is 8.48. The number of nitro groups is 1. The molecule has 2 aromatic rings. The molecule has 1 amide bonds. The van der Waals surface area contributed by atoms with Crippen molar-refractivity contribution in [2.75, 3.05) is 19.1 Å². The number of ether oxygens (including phenoxy) is 1. The highest BCUT2D eigenvalue weighted by molar-refractivity contribution is 6.32. The number of hydrogen-bond acceptors (Lipinski definition) is 5. The Hall–Kier alpha value is -2.80. The summed E-state index contributed by atoms with van der Waals surface area (Å²) in [5.41, 5.74) is -0.424. The first kappa shape index (κ1) is 16.6. The third kappa shape index (κ3) is 3.19. The van der Waals surface area contributed by atoms with Gasteiger partial charge in [-0.05, 0) is 30.3 Å². The summed E-state index contributed by atoms with van der Waals surface area (Å²) in [7, 11) is 2.92. The van der Waals surface area contributed by atoms with Crippen LogP contribution in [0.15, 0.2) is 36.4 Å². The van der Waals surface area contributed by atoms with Crippen molar-refractivity contribution in [3.8, 4) is 11.5 Å². The fourth-order valence-electron chi connectivity index (χ4n) is 2.06. The molecular weight excluding hydrogens is 324 g/mol. The summed E-state index contributed by atoms with van der Waals surface area (Å²) < 4.78 is 5.03. The normalized spacial score (nSPS) is 10.2. The molecule has 1 N–H and O–H groups in total. The van der Waals surface area contributed by atoms with Crippen LogP contribution in [-0.4, -0.2) is 30.1 Å². The summed E-state index contributed by atoms with van der Waals surface area (Å²) >= 11 is 6.02. The molecule has 2 aromatic carbocycles. The number of carbonyl (C=O) groups is 1. The molecule has 0 unspecified atom stereocenters. The van der Waals surface area contributed by atoms with Crippen LogP contribution in [0.3, 0.4) is 0 Å². The number of halogens is 1. The number of nitrogens with zero attached hydrogens (tertiary/aromatic N) is 2. The quantitative estimate of drug-likeness (QED) is 0.683. The van der Waals surface area contributed by atoms with Crippen molar-refractivity contribution in [2.45, 2.75) is 0 Å². The molecule has 0 fully saturated rings. The predicted octanol–water partition coefficient (Wildman–Crippen LogP) is 3.24. The van der Waals surface area contributed by atoms with Gasteiger partial charge in [0.25, 0.3) is 5.91 Å². The third-order valence-electron chi connectivity index (χ3n) is 3.26. The molecule has 0 spiro atoms. The molecule has 0 aliphatic carbocycles. The standard InChI is InChI=1S/C15H13ClN2O5/c1-17(9-6-7-13(23-2)11(16)8-9)15(20)10-4-3-5-12(19)14(10)18(21)22/h3-8,19H,1-2H3. The smallest absolute Gasteiger partial charge is 0.323 e. The monoisotopic (exact) mass is 336 g/mol. The molecule has 0 bridgehead atoms. The Balaban J connectivity index is 2.43. The first-order chi connectivity index (χ1) is 10.9. The molecule has 0 heterocycles. The highest BCUT2D eigenvalue weighted by atomic mass is 35.5. The highest BCUT2D eigenvalue weighted by Crippen LogP contribution is 2.33. The first-order valence-electron chi connectivity index (χ1n) is 6.44. The third-order valence-corrected chi connectivity index (χ3v) is 3.55. The first-order valence-corrected chi connectivity index (χ1v) is 6.82. The number of hydrogen-bond donors (Lipinski definition) is 1. The van der Waals surface area contributed by atoms with Crippen LogP contribution in [-0.2, 0) is 0 Å². The van der Waals surface area contributed by atoms with E-state index in [4.69, 9.17) is 16.3 Å². The van der Waals surface area contributed by atoms with Gasteiger partial charge in [-0.15, -0.1) is 0 Å². The van der Waals surface area contributed by atoms with Gasteiger partial charge in [-0.25, -0.2) is 0 Å². The second kappa shape index (κ2) is 6.53. The van der Waals surface area contributed by atoms with Gasteiger partial charge in [0.05, 0.1) is 17.1 Å². The fourth-order valence-corrected chi connectivity index (χ4v) is 2.31. The Morgan fingerprint density at radius 1 is 1.35 bits per heavy atom. The van der Waals surface area contributed by atoms with E-state index < -0.39 is 22.3 Å². The van der Waals surface area contributed by atoms with Crippen LogP contribution < -0.4 is 9.64 Å². The van der Waals surface area contributed by atoms with Crippen LogP contribution >= 0.6 is 11.6 Å². The van der Waals surface area contributed by atoms with Crippen molar-refractivity contribution >= 4 is 28.9 Å². The average molecular weight is 337 g/mol. The second-order valence-electron chi connectivity index (χ2n) is 4.61. The van der Waals surface area contributed by atoms with E-state index in [1.807, 2.05) is 0 Å². The molecule has 0 aromatic heterocycles. The highest BCUT2D eigenvalue weighted by Gasteiger charge is 2.27. The van der Waals surface area contributed by atoms with Gasteiger partial charge in [0.2, 0.25) is 0 Å². The van der Waals surface area contributed by atoms with Crippen molar-refractivity contribution in [3.63, 3.8) is 0 Å². The molecule has 2 rings (SSSR count).